The van der Waals surface area contributed by atoms with Gasteiger partial charge in [-0.3, -0.25) is 0 Å². The van der Waals surface area contributed by atoms with Crippen molar-refractivity contribution in [1.29, 1.82) is 0 Å². The molecule has 31 heavy (non-hydrogen) atoms. The third kappa shape index (κ3) is 7.31. The highest BCUT2D eigenvalue weighted by Gasteiger charge is 2.37. The number of hydrogen-bond donors (Lipinski definition) is 1. The Morgan fingerprint density at radius 3 is 1.97 bits per heavy atom. The van der Waals surface area contributed by atoms with Gasteiger partial charge >= 0.3 is 12.4 Å². The Bertz CT molecular complexity index is 805. The predicted octanol–water partition coefficient (Wildman–Crippen LogP) is 6.43. The van der Waals surface area contributed by atoms with Crippen LogP contribution in [-0.4, -0.2) is 24.6 Å². The molecule has 2 aromatic rings. The number of halogens is 8. The summed E-state index contributed by atoms with van der Waals surface area (Å²) in [5.74, 6) is -0.381. The standard InChI is InChI=1S/C20H18F7NO.CH3I/c21-17-3-1-13(2-4-17)18-9-28-8-14(18)11-29-10-12-5-15(19(22,23)24)7-16(6-12)20(25,26)27;1-2/h1-7,14,18,28H,8-11H2;1H3/t14-,18+;/m1./s1. The fourth-order valence-corrected chi connectivity index (χ4v) is 3.44. The molecule has 1 saturated heterocycles. The highest BCUT2D eigenvalue weighted by molar-refractivity contribution is 14.1. The SMILES string of the molecule is CI.Fc1ccc([C@@H]2CNC[C@@H]2COCc2cc(C(F)(F)F)cc(C(F)(F)F)c2)cc1. The smallest absolute Gasteiger partial charge is 0.376 e. The molecule has 0 aromatic heterocycles. The van der Waals surface area contributed by atoms with Crippen molar-refractivity contribution in [3.63, 3.8) is 0 Å². The molecule has 172 valence electrons. The minimum atomic E-state index is -4.89. The Labute approximate surface area is 189 Å². The van der Waals surface area contributed by atoms with Crippen molar-refractivity contribution in [2.45, 2.75) is 24.9 Å². The molecule has 2 aromatic carbocycles. The minimum Gasteiger partial charge on any atom is -0.376 e. The van der Waals surface area contributed by atoms with Crippen molar-refractivity contribution in [1.82, 2.24) is 5.32 Å². The molecule has 1 aliphatic heterocycles. The summed E-state index contributed by atoms with van der Waals surface area (Å²) < 4.78 is 96.1. The van der Waals surface area contributed by atoms with Crippen molar-refractivity contribution in [2.75, 3.05) is 24.6 Å². The lowest BCUT2D eigenvalue weighted by Gasteiger charge is -2.19. The first kappa shape index (κ1) is 25.9. The molecule has 2 atom stereocenters. The second-order valence-corrected chi connectivity index (χ2v) is 7.01. The number of hydrogen-bond acceptors (Lipinski definition) is 2. The van der Waals surface area contributed by atoms with Crippen LogP contribution in [0.4, 0.5) is 30.7 Å². The maximum atomic E-state index is 13.1. The van der Waals surface area contributed by atoms with Gasteiger partial charge < -0.3 is 10.1 Å². The van der Waals surface area contributed by atoms with Gasteiger partial charge in [0.15, 0.2) is 0 Å². The summed E-state index contributed by atoms with van der Waals surface area (Å²) in [6.45, 7) is 0.978. The molecule has 0 saturated carbocycles. The van der Waals surface area contributed by atoms with E-state index in [0.717, 1.165) is 5.56 Å². The van der Waals surface area contributed by atoms with Crippen LogP contribution in [0.3, 0.4) is 0 Å². The molecule has 2 nitrogen and oxygen atoms in total. The molecular formula is C21H21F7INO. The molecule has 10 heteroatoms. The summed E-state index contributed by atoms with van der Waals surface area (Å²) in [5, 5.41) is 3.17. The summed E-state index contributed by atoms with van der Waals surface area (Å²) in [6.07, 6.45) is -9.78. The summed E-state index contributed by atoms with van der Waals surface area (Å²) in [4.78, 5) is 1.97. The van der Waals surface area contributed by atoms with Gasteiger partial charge in [0.25, 0.3) is 0 Å². The highest BCUT2D eigenvalue weighted by atomic mass is 127. The van der Waals surface area contributed by atoms with Crippen LogP contribution in [-0.2, 0) is 23.7 Å². The van der Waals surface area contributed by atoms with Crippen molar-refractivity contribution >= 4 is 22.6 Å². The van der Waals surface area contributed by atoms with Crippen LogP contribution in [0.25, 0.3) is 0 Å². The van der Waals surface area contributed by atoms with E-state index in [1.54, 1.807) is 12.1 Å². The first-order valence-corrected chi connectivity index (χ1v) is 11.4. The van der Waals surface area contributed by atoms with E-state index >= 15 is 0 Å². The van der Waals surface area contributed by atoms with Crippen molar-refractivity contribution in [2.24, 2.45) is 5.92 Å². The Morgan fingerprint density at radius 1 is 0.903 bits per heavy atom. The van der Waals surface area contributed by atoms with E-state index in [-0.39, 0.29) is 42.5 Å². The summed E-state index contributed by atoms with van der Waals surface area (Å²) in [7, 11) is 0. The maximum Gasteiger partial charge on any atom is 0.416 e. The predicted molar refractivity (Wildman–Crippen MR) is 112 cm³/mol. The van der Waals surface area contributed by atoms with Crippen molar-refractivity contribution in [3.05, 3.63) is 70.5 Å². The molecule has 0 amide bonds. The highest BCUT2D eigenvalue weighted by Crippen LogP contribution is 2.36. The van der Waals surface area contributed by atoms with Crippen LogP contribution in [0.15, 0.2) is 42.5 Å². The van der Waals surface area contributed by atoms with Crippen LogP contribution in [0, 0.1) is 11.7 Å². The fourth-order valence-electron chi connectivity index (χ4n) is 3.44. The van der Waals surface area contributed by atoms with Gasteiger partial charge in [0.2, 0.25) is 0 Å². The summed E-state index contributed by atoms with van der Waals surface area (Å²) >= 11 is 2.15. The summed E-state index contributed by atoms with van der Waals surface area (Å²) in [6, 6.07) is 7.42. The minimum absolute atomic E-state index is 0.0165. The molecular weight excluding hydrogens is 542 g/mol. The molecule has 1 aliphatic rings. The lowest BCUT2D eigenvalue weighted by molar-refractivity contribution is -0.143. The molecule has 0 unspecified atom stereocenters. The molecule has 3 rings (SSSR count). The van der Waals surface area contributed by atoms with E-state index < -0.39 is 23.5 Å². The number of rotatable bonds is 5. The van der Waals surface area contributed by atoms with Gasteiger partial charge in [0, 0.05) is 24.9 Å². The average Bonchev–Trinajstić information content (AvgIpc) is 3.17. The number of ether oxygens (including phenoxy) is 1. The molecule has 0 radical (unpaired) electrons. The third-order valence-corrected chi connectivity index (χ3v) is 4.89. The van der Waals surface area contributed by atoms with Gasteiger partial charge in [0.05, 0.1) is 24.3 Å². The van der Waals surface area contributed by atoms with E-state index in [2.05, 4.69) is 27.9 Å². The van der Waals surface area contributed by atoms with Gasteiger partial charge in [-0.25, -0.2) is 4.39 Å². The zero-order valence-electron chi connectivity index (χ0n) is 16.5. The topological polar surface area (TPSA) is 21.3 Å². The molecule has 0 spiro atoms. The fraction of sp³-hybridized carbons (Fsp3) is 0.429. The number of alkyl halides is 7. The zero-order chi connectivity index (χ0) is 23.2. The second kappa shape index (κ2) is 11.0. The van der Waals surface area contributed by atoms with Crippen LogP contribution in [0.2, 0.25) is 0 Å². The molecule has 1 N–H and O–H groups in total. The van der Waals surface area contributed by atoms with E-state index in [9.17, 15) is 30.7 Å². The molecule has 1 heterocycles. The van der Waals surface area contributed by atoms with Crippen LogP contribution < -0.4 is 5.32 Å². The van der Waals surface area contributed by atoms with E-state index in [0.29, 0.717) is 25.2 Å². The van der Waals surface area contributed by atoms with Crippen molar-refractivity contribution in [3.8, 4) is 0 Å². The zero-order valence-corrected chi connectivity index (χ0v) is 18.6. The largest absolute Gasteiger partial charge is 0.416 e. The van der Waals surface area contributed by atoms with E-state index in [4.69, 9.17) is 4.74 Å². The Hall–Kier alpha value is -1.40. The second-order valence-electron chi connectivity index (χ2n) is 7.01. The number of nitrogens with one attached hydrogen (secondary N) is 1. The van der Waals surface area contributed by atoms with Gasteiger partial charge in [-0.05, 0) is 46.4 Å². The van der Waals surface area contributed by atoms with E-state index in [1.165, 1.54) is 12.1 Å². The van der Waals surface area contributed by atoms with Crippen LogP contribution in [0.5, 0.6) is 0 Å². The molecule has 1 fully saturated rings. The number of benzene rings is 2. The Balaban J connectivity index is 0.00000166. The average molecular weight is 563 g/mol. The van der Waals surface area contributed by atoms with Gasteiger partial charge in [-0.15, -0.1) is 0 Å². The normalized spacial score (nSPS) is 19.1. The summed E-state index contributed by atoms with van der Waals surface area (Å²) in [5.41, 5.74) is -2.03. The lowest BCUT2D eigenvalue weighted by atomic mass is 9.89. The van der Waals surface area contributed by atoms with Crippen molar-refractivity contribution < 1.29 is 35.5 Å². The quantitative estimate of drug-likeness (QED) is 0.257. The molecule has 0 aliphatic carbocycles. The lowest BCUT2D eigenvalue weighted by Crippen LogP contribution is -2.18. The first-order valence-electron chi connectivity index (χ1n) is 9.24. The molecule has 0 bridgehead atoms. The first-order chi connectivity index (χ1) is 14.5. The van der Waals surface area contributed by atoms with E-state index in [1.807, 2.05) is 4.93 Å². The maximum absolute atomic E-state index is 13.1. The van der Waals surface area contributed by atoms with Crippen LogP contribution >= 0.6 is 22.6 Å². The van der Waals surface area contributed by atoms with Gasteiger partial charge in [-0.2, -0.15) is 26.3 Å². The van der Waals surface area contributed by atoms with Crippen LogP contribution in [0.1, 0.15) is 28.2 Å². The monoisotopic (exact) mass is 563 g/mol. The Morgan fingerprint density at radius 2 is 1.45 bits per heavy atom. The third-order valence-electron chi connectivity index (χ3n) is 4.89. The van der Waals surface area contributed by atoms with Gasteiger partial charge in [0.1, 0.15) is 5.82 Å². The van der Waals surface area contributed by atoms with Gasteiger partial charge in [-0.1, -0.05) is 34.7 Å². The Kier molecular flexibility index (Phi) is 9.14.